The predicted octanol–water partition coefficient (Wildman–Crippen LogP) is 2.98. The first-order chi connectivity index (χ1) is 8.08. The molecular formula is C14H30N2O. The normalized spacial score (nSPS) is 14.4. The standard InChI is InChI=1S/C14H30N2O/c1-4-6-7-8-9-10-13(17)16-14(3,5-2)11-12-15/h4-12,15H2,1-3H3,(H,16,17). The summed E-state index contributed by atoms with van der Waals surface area (Å²) < 4.78 is 0. The van der Waals surface area contributed by atoms with Crippen molar-refractivity contribution in [3.8, 4) is 0 Å². The van der Waals surface area contributed by atoms with Gasteiger partial charge in [-0.3, -0.25) is 4.79 Å². The first-order valence-corrected chi connectivity index (χ1v) is 7.09. The van der Waals surface area contributed by atoms with Gasteiger partial charge >= 0.3 is 0 Å². The molecule has 1 atom stereocenters. The van der Waals surface area contributed by atoms with Crippen LogP contribution in [-0.2, 0) is 4.79 Å². The molecule has 3 N–H and O–H groups in total. The Balaban J connectivity index is 3.75. The molecule has 0 saturated heterocycles. The van der Waals surface area contributed by atoms with E-state index in [1.165, 1.54) is 25.7 Å². The van der Waals surface area contributed by atoms with Gasteiger partial charge in [-0.1, -0.05) is 39.5 Å². The molecule has 0 saturated carbocycles. The Hall–Kier alpha value is -0.570. The third kappa shape index (κ3) is 8.19. The molecule has 0 aromatic rings. The minimum atomic E-state index is -0.116. The van der Waals surface area contributed by atoms with Crippen LogP contribution in [0.5, 0.6) is 0 Å². The molecule has 0 spiro atoms. The van der Waals surface area contributed by atoms with E-state index >= 15 is 0 Å². The van der Waals surface area contributed by atoms with Gasteiger partial charge in [0.2, 0.25) is 5.91 Å². The monoisotopic (exact) mass is 242 g/mol. The second kappa shape index (κ2) is 9.46. The van der Waals surface area contributed by atoms with Gasteiger partial charge in [-0.25, -0.2) is 0 Å². The highest BCUT2D eigenvalue weighted by Crippen LogP contribution is 2.14. The lowest BCUT2D eigenvalue weighted by atomic mass is 9.94. The van der Waals surface area contributed by atoms with Crippen LogP contribution < -0.4 is 11.1 Å². The molecule has 0 rings (SSSR count). The van der Waals surface area contributed by atoms with Crippen LogP contribution >= 0.6 is 0 Å². The van der Waals surface area contributed by atoms with E-state index in [-0.39, 0.29) is 11.4 Å². The summed E-state index contributed by atoms with van der Waals surface area (Å²) >= 11 is 0. The van der Waals surface area contributed by atoms with E-state index in [9.17, 15) is 4.79 Å². The van der Waals surface area contributed by atoms with E-state index in [1.807, 2.05) is 0 Å². The fraction of sp³-hybridized carbons (Fsp3) is 0.929. The van der Waals surface area contributed by atoms with Crippen LogP contribution in [0, 0.1) is 0 Å². The van der Waals surface area contributed by atoms with Crippen molar-refractivity contribution in [1.82, 2.24) is 5.32 Å². The summed E-state index contributed by atoms with van der Waals surface area (Å²) in [6, 6.07) is 0. The Bertz CT molecular complexity index is 206. The van der Waals surface area contributed by atoms with Crippen LogP contribution in [-0.4, -0.2) is 18.0 Å². The highest BCUT2D eigenvalue weighted by Gasteiger charge is 2.22. The van der Waals surface area contributed by atoms with Gasteiger partial charge in [-0.15, -0.1) is 0 Å². The zero-order chi connectivity index (χ0) is 13.1. The van der Waals surface area contributed by atoms with Gasteiger partial charge in [0.15, 0.2) is 0 Å². The van der Waals surface area contributed by atoms with Crippen molar-refractivity contribution in [3.05, 3.63) is 0 Å². The summed E-state index contributed by atoms with van der Waals surface area (Å²) in [5.74, 6) is 0.180. The first-order valence-electron chi connectivity index (χ1n) is 7.09. The Labute approximate surface area is 107 Å². The fourth-order valence-corrected chi connectivity index (χ4v) is 1.93. The average Bonchev–Trinajstić information content (AvgIpc) is 2.29. The van der Waals surface area contributed by atoms with Gasteiger partial charge in [-0.05, 0) is 32.7 Å². The third-order valence-corrected chi connectivity index (χ3v) is 3.43. The lowest BCUT2D eigenvalue weighted by molar-refractivity contribution is -0.123. The lowest BCUT2D eigenvalue weighted by Gasteiger charge is -2.29. The van der Waals surface area contributed by atoms with Gasteiger partial charge in [-0.2, -0.15) is 0 Å². The van der Waals surface area contributed by atoms with Crippen molar-refractivity contribution in [3.63, 3.8) is 0 Å². The van der Waals surface area contributed by atoms with E-state index in [0.717, 1.165) is 19.3 Å². The van der Waals surface area contributed by atoms with Crippen molar-refractivity contribution in [2.24, 2.45) is 5.73 Å². The largest absolute Gasteiger partial charge is 0.351 e. The number of hydrogen-bond donors (Lipinski definition) is 2. The lowest BCUT2D eigenvalue weighted by Crippen LogP contribution is -2.46. The smallest absolute Gasteiger partial charge is 0.220 e. The molecule has 17 heavy (non-hydrogen) atoms. The molecule has 102 valence electrons. The average molecular weight is 242 g/mol. The first kappa shape index (κ1) is 16.4. The highest BCUT2D eigenvalue weighted by molar-refractivity contribution is 5.76. The van der Waals surface area contributed by atoms with E-state index in [0.29, 0.717) is 13.0 Å². The molecule has 0 aliphatic carbocycles. The fourth-order valence-electron chi connectivity index (χ4n) is 1.93. The summed E-state index contributed by atoms with van der Waals surface area (Å²) in [5.41, 5.74) is 5.45. The van der Waals surface area contributed by atoms with Crippen LogP contribution in [0.2, 0.25) is 0 Å². The van der Waals surface area contributed by atoms with Gasteiger partial charge in [0.1, 0.15) is 0 Å². The van der Waals surface area contributed by atoms with Crippen molar-refractivity contribution in [2.45, 2.75) is 77.7 Å². The number of nitrogens with one attached hydrogen (secondary N) is 1. The second-order valence-corrected chi connectivity index (χ2v) is 5.17. The molecule has 0 fully saturated rings. The molecule has 0 aliphatic heterocycles. The minimum absolute atomic E-state index is 0.116. The molecule has 3 heteroatoms. The number of amides is 1. The second-order valence-electron chi connectivity index (χ2n) is 5.17. The maximum absolute atomic E-state index is 11.8. The van der Waals surface area contributed by atoms with Gasteiger partial charge in [0.25, 0.3) is 0 Å². The Kier molecular flexibility index (Phi) is 9.14. The van der Waals surface area contributed by atoms with Crippen molar-refractivity contribution >= 4 is 5.91 Å². The summed E-state index contributed by atoms with van der Waals surface area (Å²) in [5, 5.41) is 3.12. The summed E-state index contributed by atoms with van der Waals surface area (Å²) in [6.07, 6.45) is 8.39. The van der Waals surface area contributed by atoms with Crippen LogP contribution in [0.25, 0.3) is 0 Å². The number of carbonyl (C=O) groups excluding carboxylic acids is 1. The molecule has 1 amide bonds. The van der Waals surface area contributed by atoms with E-state index < -0.39 is 0 Å². The maximum atomic E-state index is 11.8. The molecular weight excluding hydrogens is 212 g/mol. The van der Waals surface area contributed by atoms with Gasteiger partial charge < -0.3 is 11.1 Å². The molecule has 0 aromatic heterocycles. The third-order valence-electron chi connectivity index (χ3n) is 3.43. The molecule has 0 radical (unpaired) electrons. The quantitative estimate of drug-likeness (QED) is 0.579. The topological polar surface area (TPSA) is 55.1 Å². The molecule has 0 aliphatic rings. The Morgan fingerprint density at radius 1 is 1.18 bits per heavy atom. The van der Waals surface area contributed by atoms with Crippen LogP contribution in [0.1, 0.15) is 72.1 Å². The summed E-state index contributed by atoms with van der Waals surface area (Å²) in [7, 11) is 0. The Morgan fingerprint density at radius 3 is 2.35 bits per heavy atom. The number of unbranched alkanes of at least 4 members (excludes halogenated alkanes) is 4. The molecule has 1 unspecified atom stereocenters. The minimum Gasteiger partial charge on any atom is -0.351 e. The zero-order valence-electron chi connectivity index (χ0n) is 11.8. The number of carbonyl (C=O) groups is 1. The summed E-state index contributed by atoms with van der Waals surface area (Å²) in [6.45, 7) is 7.00. The van der Waals surface area contributed by atoms with Gasteiger partial charge in [0.05, 0.1) is 0 Å². The molecule has 0 bridgehead atoms. The number of hydrogen-bond acceptors (Lipinski definition) is 2. The SMILES string of the molecule is CCCCCCCC(=O)NC(C)(CC)CCN. The molecule has 0 heterocycles. The number of nitrogens with two attached hydrogens (primary N) is 1. The predicted molar refractivity (Wildman–Crippen MR) is 73.9 cm³/mol. The van der Waals surface area contributed by atoms with Crippen LogP contribution in [0.15, 0.2) is 0 Å². The maximum Gasteiger partial charge on any atom is 0.220 e. The van der Waals surface area contributed by atoms with Crippen molar-refractivity contribution in [2.75, 3.05) is 6.54 Å². The van der Waals surface area contributed by atoms with E-state index in [4.69, 9.17) is 5.73 Å². The van der Waals surface area contributed by atoms with Crippen molar-refractivity contribution < 1.29 is 4.79 Å². The number of rotatable bonds is 10. The van der Waals surface area contributed by atoms with Gasteiger partial charge in [0, 0.05) is 12.0 Å². The van der Waals surface area contributed by atoms with Crippen LogP contribution in [0.3, 0.4) is 0 Å². The summed E-state index contributed by atoms with van der Waals surface area (Å²) in [4.78, 5) is 11.8. The molecule has 3 nitrogen and oxygen atoms in total. The Morgan fingerprint density at radius 2 is 1.82 bits per heavy atom. The van der Waals surface area contributed by atoms with Crippen molar-refractivity contribution in [1.29, 1.82) is 0 Å². The molecule has 0 aromatic carbocycles. The van der Waals surface area contributed by atoms with E-state index in [2.05, 4.69) is 26.1 Å². The highest BCUT2D eigenvalue weighted by atomic mass is 16.1. The zero-order valence-corrected chi connectivity index (χ0v) is 11.8. The van der Waals surface area contributed by atoms with Crippen LogP contribution in [0.4, 0.5) is 0 Å². The van der Waals surface area contributed by atoms with E-state index in [1.54, 1.807) is 0 Å².